The zero-order valence-electron chi connectivity index (χ0n) is 8.20. The fourth-order valence-corrected chi connectivity index (χ4v) is 0.711. The maximum absolute atomic E-state index is 10.5. The van der Waals surface area contributed by atoms with E-state index in [1.165, 1.54) is 21.3 Å². The average molecular weight is 198 g/mol. The fraction of sp³-hybridized carbons (Fsp3) is 0.571. The van der Waals surface area contributed by atoms with E-state index < -0.39 is 5.79 Å². The van der Waals surface area contributed by atoms with Gasteiger partial charge in [0, 0.05) is 14.2 Å². The second-order valence-corrected chi connectivity index (χ2v) is 1.88. The van der Waals surface area contributed by atoms with Crippen LogP contribution in [0.2, 0.25) is 0 Å². The number of carbonyl (C=O) groups excluding carboxylic acids is 1. The molecule has 0 saturated carbocycles. The molecule has 0 unspecified atom stereocenters. The average Bonchev–Trinajstić information content (AvgIpc) is 2.14. The van der Waals surface area contributed by atoms with Crippen LogP contribution in [-0.4, -0.2) is 33.4 Å². The molecule has 0 heterocycles. The Labute approximate surface area is 98.9 Å². The molecule has 0 bridgehead atoms. The van der Waals surface area contributed by atoms with Gasteiger partial charge in [0.15, 0.2) is 6.29 Å². The SMILES string of the molecule is COC(=C[O-])C(C=O)(OC)OC.[Na+]. The van der Waals surface area contributed by atoms with Crippen LogP contribution in [0.15, 0.2) is 12.0 Å². The maximum atomic E-state index is 10.5. The van der Waals surface area contributed by atoms with E-state index in [1.807, 2.05) is 0 Å². The van der Waals surface area contributed by atoms with Crippen molar-refractivity contribution in [3.63, 3.8) is 0 Å². The third-order valence-electron chi connectivity index (χ3n) is 1.43. The third kappa shape index (κ3) is 3.28. The number of carbonyl (C=O) groups is 1. The second-order valence-electron chi connectivity index (χ2n) is 1.88. The Hall–Kier alpha value is -0.0700. The molecule has 70 valence electrons. The zero-order valence-corrected chi connectivity index (χ0v) is 10.2. The van der Waals surface area contributed by atoms with E-state index in [4.69, 9.17) is 9.47 Å². The number of hydrogen-bond acceptors (Lipinski definition) is 5. The summed E-state index contributed by atoms with van der Waals surface area (Å²) in [5.74, 6) is -1.93. The van der Waals surface area contributed by atoms with Crippen LogP contribution in [0.5, 0.6) is 0 Å². The molecule has 0 aliphatic carbocycles. The van der Waals surface area contributed by atoms with Gasteiger partial charge in [0.2, 0.25) is 0 Å². The Bertz CT molecular complexity index is 176. The van der Waals surface area contributed by atoms with Gasteiger partial charge in [-0.15, -0.1) is 6.26 Å². The third-order valence-corrected chi connectivity index (χ3v) is 1.43. The molecule has 6 heteroatoms. The van der Waals surface area contributed by atoms with Crippen molar-refractivity contribution < 1.29 is 53.7 Å². The summed E-state index contributed by atoms with van der Waals surface area (Å²) in [4.78, 5) is 10.5. The predicted molar refractivity (Wildman–Crippen MR) is 37.9 cm³/mol. The van der Waals surface area contributed by atoms with Gasteiger partial charge in [0.25, 0.3) is 5.79 Å². The normalized spacial score (nSPS) is 11.8. The van der Waals surface area contributed by atoms with Gasteiger partial charge in [-0.05, 0) is 0 Å². The molecule has 0 aromatic carbocycles. The van der Waals surface area contributed by atoms with Crippen molar-refractivity contribution in [3.05, 3.63) is 12.0 Å². The Morgan fingerprint density at radius 3 is 1.85 bits per heavy atom. The van der Waals surface area contributed by atoms with Gasteiger partial charge in [0.1, 0.15) is 5.76 Å². The molecule has 13 heavy (non-hydrogen) atoms. The minimum Gasteiger partial charge on any atom is -0.875 e. The van der Waals surface area contributed by atoms with Gasteiger partial charge in [-0.2, -0.15) is 0 Å². The van der Waals surface area contributed by atoms with Gasteiger partial charge < -0.3 is 19.3 Å². The topological polar surface area (TPSA) is 67.8 Å². The van der Waals surface area contributed by atoms with Crippen molar-refractivity contribution in [2.24, 2.45) is 0 Å². The van der Waals surface area contributed by atoms with Gasteiger partial charge in [-0.3, -0.25) is 4.79 Å². The minimum atomic E-state index is -1.71. The molecule has 0 atom stereocenters. The van der Waals surface area contributed by atoms with Crippen molar-refractivity contribution in [3.8, 4) is 0 Å². The number of hydrogen-bond donors (Lipinski definition) is 0. The van der Waals surface area contributed by atoms with E-state index in [1.54, 1.807) is 0 Å². The summed E-state index contributed by atoms with van der Waals surface area (Å²) in [7, 11) is 3.72. The molecule has 0 aromatic heterocycles. The first-order valence-corrected chi connectivity index (χ1v) is 3.14. The zero-order chi connectivity index (χ0) is 9.61. The van der Waals surface area contributed by atoms with E-state index in [9.17, 15) is 9.90 Å². The van der Waals surface area contributed by atoms with E-state index >= 15 is 0 Å². The van der Waals surface area contributed by atoms with E-state index in [0.29, 0.717) is 12.5 Å². The molecular weight excluding hydrogens is 187 g/mol. The number of rotatable bonds is 5. The van der Waals surface area contributed by atoms with Crippen molar-refractivity contribution in [1.82, 2.24) is 0 Å². The maximum Gasteiger partial charge on any atom is 1.00 e. The molecule has 0 rings (SSSR count). The molecule has 0 saturated heterocycles. The molecule has 0 N–H and O–H groups in total. The van der Waals surface area contributed by atoms with Gasteiger partial charge in [-0.1, -0.05) is 0 Å². The predicted octanol–water partition coefficient (Wildman–Crippen LogP) is -3.97. The van der Waals surface area contributed by atoms with Crippen LogP contribution in [0, 0.1) is 0 Å². The largest absolute Gasteiger partial charge is 1.00 e. The Kier molecular flexibility index (Phi) is 8.70. The molecular formula is C7H11NaO5. The van der Waals surface area contributed by atoms with Crippen LogP contribution in [0.3, 0.4) is 0 Å². The van der Waals surface area contributed by atoms with Crippen LogP contribution in [0.25, 0.3) is 0 Å². The van der Waals surface area contributed by atoms with Crippen molar-refractivity contribution in [2.45, 2.75) is 5.79 Å². The summed E-state index contributed by atoms with van der Waals surface area (Å²) in [5.41, 5.74) is 0. The Balaban J connectivity index is 0. The summed E-state index contributed by atoms with van der Waals surface area (Å²) in [5, 5.41) is 10.4. The first-order chi connectivity index (χ1) is 5.70. The molecule has 0 radical (unpaired) electrons. The van der Waals surface area contributed by atoms with Crippen molar-refractivity contribution in [1.29, 1.82) is 0 Å². The van der Waals surface area contributed by atoms with Crippen LogP contribution in [0.4, 0.5) is 0 Å². The van der Waals surface area contributed by atoms with Crippen LogP contribution in [-0.2, 0) is 19.0 Å². The molecule has 0 aliphatic rings. The standard InChI is InChI=1S/C7H12O5.Na/c1-10-6(4-8)7(5-9,11-2)12-3;/h4-5,8H,1-3H3;/q;+1/p-1. The molecule has 0 spiro atoms. The summed E-state index contributed by atoms with van der Waals surface area (Å²) >= 11 is 0. The summed E-state index contributed by atoms with van der Waals surface area (Å²) in [6, 6.07) is 0. The first-order valence-electron chi connectivity index (χ1n) is 3.14. The fourth-order valence-electron chi connectivity index (χ4n) is 0.711. The van der Waals surface area contributed by atoms with Crippen LogP contribution >= 0.6 is 0 Å². The monoisotopic (exact) mass is 198 g/mol. The van der Waals surface area contributed by atoms with Gasteiger partial charge >= 0.3 is 29.6 Å². The smallest absolute Gasteiger partial charge is 0.875 e. The van der Waals surface area contributed by atoms with Gasteiger partial charge in [0.05, 0.1) is 7.11 Å². The van der Waals surface area contributed by atoms with Gasteiger partial charge in [-0.25, -0.2) is 0 Å². The molecule has 0 aliphatic heterocycles. The summed E-state index contributed by atoms with van der Waals surface area (Å²) in [6.45, 7) is 0. The van der Waals surface area contributed by atoms with Crippen LogP contribution in [0.1, 0.15) is 0 Å². The van der Waals surface area contributed by atoms with E-state index in [2.05, 4.69) is 4.74 Å². The molecule has 0 amide bonds. The quantitative estimate of drug-likeness (QED) is 0.195. The Morgan fingerprint density at radius 1 is 1.31 bits per heavy atom. The minimum absolute atomic E-state index is 0. The molecule has 0 fully saturated rings. The molecule has 5 nitrogen and oxygen atoms in total. The Morgan fingerprint density at radius 2 is 1.77 bits per heavy atom. The number of methoxy groups -OCH3 is 3. The molecule has 0 aromatic rings. The second kappa shape index (κ2) is 7.34. The summed E-state index contributed by atoms with van der Waals surface area (Å²) < 4.78 is 14.0. The first kappa shape index (κ1) is 15.4. The van der Waals surface area contributed by atoms with Crippen molar-refractivity contribution >= 4 is 6.29 Å². The van der Waals surface area contributed by atoms with Crippen molar-refractivity contribution in [2.75, 3.05) is 21.3 Å². The summed E-state index contributed by atoms with van der Waals surface area (Å²) in [6.07, 6.45) is 0.710. The van der Waals surface area contributed by atoms with E-state index in [0.717, 1.165) is 0 Å². The number of ether oxygens (including phenoxy) is 3. The van der Waals surface area contributed by atoms with Crippen LogP contribution < -0.4 is 34.7 Å². The number of aldehydes is 1. The van der Waals surface area contributed by atoms with E-state index in [-0.39, 0.29) is 35.3 Å².